The first-order valence-electron chi connectivity index (χ1n) is 9.02. The van der Waals surface area contributed by atoms with Gasteiger partial charge in [-0.15, -0.1) is 0 Å². The van der Waals surface area contributed by atoms with E-state index in [1.54, 1.807) is 0 Å². The second kappa shape index (κ2) is 9.56. The highest BCUT2D eigenvalue weighted by molar-refractivity contribution is 5.80. The zero-order valence-corrected chi connectivity index (χ0v) is 14.9. The predicted molar refractivity (Wildman–Crippen MR) is 98.7 cm³/mol. The number of nitrogens with one attached hydrogen (secondary N) is 2. The lowest BCUT2D eigenvalue weighted by Gasteiger charge is -2.17. The number of hydrogen-bond acceptors (Lipinski definition) is 2. The summed E-state index contributed by atoms with van der Waals surface area (Å²) in [4.78, 5) is 7.08. The molecule has 0 heterocycles. The molecule has 0 atom stereocenters. The van der Waals surface area contributed by atoms with Crippen LogP contribution >= 0.6 is 0 Å². The number of rotatable bonds is 7. The number of hydrogen-bond donors (Lipinski definition) is 2. The minimum atomic E-state index is 0.595. The van der Waals surface area contributed by atoms with Crippen molar-refractivity contribution in [3.63, 3.8) is 0 Å². The predicted octanol–water partition coefficient (Wildman–Crippen LogP) is 3.14. The van der Waals surface area contributed by atoms with E-state index >= 15 is 0 Å². The molecule has 0 aliphatic heterocycles. The second-order valence-corrected chi connectivity index (χ2v) is 6.47. The summed E-state index contributed by atoms with van der Waals surface area (Å²) >= 11 is 0. The molecule has 4 nitrogen and oxygen atoms in total. The van der Waals surface area contributed by atoms with Crippen LogP contribution in [0, 0.1) is 0 Å². The van der Waals surface area contributed by atoms with Crippen LogP contribution in [0.2, 0.25) is 0 Å². The van der Waals surface area contributed by atoms with Gasteiger partial charge in [-0.3, -0.25) is 0 Å². The van der Waals surface area contributed by atoms with Crippen LogP contribution in [-0.4, -0.2) is 37.0 Å². The number of nitrogens with zero attached hydrogens (tertiary/aromatic N) is 2. The van der Waals surface area contributed by atoms with Crippen molar-refractivity contribution in [3.8, 4) is 0 Å². The van der Waals surface area contributed by atoms with E-state index in [0.29, 0.717) is 6.04 Å². The molecule has 0 aromatic heterocycles. The molecule has 0 spiro atoms. The number of guanidine groups is 1. The van der Waals surface area contributed by atoms with Crippen molar-refractivity contribution in [1.29, 1.82) is 0 Å². The molecule has 2 rings (SSSR count). The molecule has 0 amide bonds. The lowest BCUT2D eigenvalue weighted by molar-refractivity contribution is 0.345. The van der Waals surface area contributed by atoms with Gasteiger partial charge in [0.05, 0.1) is 6.54 Å². The van der Waals surface area contributed by atoms with Crippen molar-refractivity contribution in [1.82, 2.24) is 15.5 Å². The van der Waals surface area contributed by atoms with Crippen LogP contribution in [0.3, 0.4) is 0 Å². The van der Waals surface area contributed by atoms with Crippen LogP contribution in [-0.2, 0) is 13.1 Å². The highest BCUT2D eigenvalue weighted by Crippen LogP contribution is 2.17. The average Bonchev–Trinajstić information content (AvgIpc) is 3.06. The van der Waals surface area contributed by atoms with Gasteiger partial charge in [0, 0.05) is 19.1 Å². The lowest BCUT2D eigenvalue weighted by Crippen LogP contribution is -2.42. The minimum Gasteiger partial charge on any atom is -0.357 e. The van der Waals surface area contributed by atoms with Crippen molar-refractivity contribution in [2.75, 3.05) is 20.1 Å². The van der Waals surface area contributed by atoms with Gasteiger partial charge < -0.3 is 15.5 Å². The van der Waals surface area contributed by atoms with Gasteiger partial charge in [0.25, 0.3) is 0 Å². The normalized spacial score (nSPS) is 16.1. The summed E-state index contributed by atoms with van der Waals surface area (Å²) in [6.45, 7) is 8.00. The largest absolute Gasteiger partial charge is 0.357 e. The molecule has 4 heteroatoms. The first-order valence-corrected chi connectivity index (χ1v) is 9.02. The van der Waals surface area contributed by atoms with E-state index in [1.807, 2.05) is 0 Å². The molecular weight excluding hydrogens is 284 g/mol. The molecule has 1 aliphatic rings. The van der Waals surface area contributed by atoms with Crippen LogP contribution in [0.1, 0.15) is 50.7 Å². The monoisotopic (exact) mass is 316 g/mol. The first kappa shape index (κ1) is 17.8. The molecule has 1 aromatic rings. The van der Waals surface area contributed by atoms with Gasteiger partial charge in [-0.1, -0.05) is 44.0 Å². The Morgan fingerprint density at radius 2 is 1.96 bits per heavy atom. The van der Waals surface area contributed by atoms with Crippen LogP contribution in [0.15, 0.2) is 29.3 Å². The molecule has 0 unspecified atom stereocenters. The van der Waals surface area contributed by atoms with Crippen LogP contribution in [0.4, 0.5) is 0 Å². The molecule has 1 aliphatic carbocycles. The van der Waals surface area contributed by atoms with Gasteiger partial charge in [0.15, 0.2) is 5.96 Å². The van der Waals surface area contributed by atoms with Gasteiger partial charge >= 0.3 is 0 Å². The fourth-order valence-electron chi connectivity index (χ4n) is 3.00. The second-order valence-electron chi connectivity index (χ2n) is 6.47. The maximum absolute atomic E-state index is 4.77. The number of aliphatic imine (C=N–C) groups is 1. The molecule has 0 bridgehead atoms. The van der Waals surface area contributed by atoms with E-state index in [-0.39, 0.29) is 0 Å². The number of benzene rings is 1. The Kier molecular flexibility index (Phi) is 7.40. The Hall–Kier alpha value is -1.55. The Morgan fingerprint density at radius 3 is 2.65 bits per heavy atom. The summed E-state index contributed by atoms with van der Waals surface area (Å²) in [6, 6.07) is 9.37. The third-order valence-electron chi connectivity index (χ3n) is 4.44. The van der Waals surface area contributed by atoms with Crippen LogP contribution < -0.4 is 10.6 Å². The highest BCUT2D eigenvalue weighted by atomic mass is 15.2. The van der Waals surface area contributed by atoms with E-state index in [2.05, 4.69) is 60.7 Å². The fraction of sp³-hybridized carbons (Fsp3) is 0.632. The van der Waals surface area contributed by atoms with Crippen molar-refractivity contribution in [2.24, 2.45) is 4.99 Å². The maximum Gasteiger partial charge on any atom is 0.191 e. The maximum atomic E-state index is 4.77. The molecule has 2 N–H and O–H groups in total. The summed E-state index contributed by atoms with van der Waals surface area (Å²) in [5.41, 5.74) is 2.63. The SMILES string of the molecule is CCNC(=NCc1cccc(CN(C)CC)c1)NC1CCCC1. The smallest absolute Gasteiger partial charge is 0.191 e. The van der Waals surface area contributed by atoms with Crippen molar-refractivity contribution in [3.05, 3.63) is 35.4 Å². The van der Waals surface area contributed by atoms with Gasteiger partial charge in [-0.05, 0) is 44.5 Å². The van der Waals surface area contributed by atoms with E-state index < -0.39 is 0 Å². The van der Waals surface area contributed by atoms with Gasteiger partial charge in [-0.25, -0.2) is 4.99 Å². The van der Waals surface area contributed by atoms with Gasteiger partial charge in [0.2, 0.25) is 0 Å². The van der Waals surface area contributed by atoms with Crippen molar-refractivity contribution >= 4 is 5.96 Å². The van der Waals surface area contributed by atoms with E-state index in [4.69, 9.17) is 4.99 Å². The zero-order chi connectivity index (χ0) is 16.5. The Bertz CT molecular complexity index is 492. The third kappa shape index (κ3) is 6.22. The van der Waals surface area contributed by atoms with E-state index in [9.17, 15) is 0 Å². The molecule has 1 fully saturated rings. The molecule has 0 radical (unpaired) electrons. The summed E-state index contributed by atoms with van der Waals surface area (Å²) < 4.78 is 0. The van der Waals surface area contributed by atoms with Crippen LogP contribution in [0.25, 0.3) is 0 Å². The topological polar surface area (TPSA) is 39.7 Å². The standard InChI is InChI=1S/C19H32N4/c1-4-20-19(22-18-11-6-7-12-18)21-14-16-9-8-10-17(13-16)15-23(3)5-2/h8-10,13,18H,4-7,11-12,14-15H2,1-3H3,(H2,20,21,22). The third-order valence-corrected chi connectivity index (χ3v) is 4.44. The van der Waals surface area contributed by atoms with E-state index in [1.165, 1.54) is 36.8 Å². The lowest BCUT2D eigenvalue weighted by atomic mass is 10.1. The Balaban J connectivity index is 1.96. The summed E-state index contributed by atoms with van der Waals surface area (Å²) in [5, 5.41) is 6.94. The van der Waals surface area contributed by atoms with Crippen molar-refractivity contribution in [2.45, 2.75) is 58.7 Å². The first-order chi connectivity index (χ1) is 11.2. The van der Waals surface area contributed by atoms with Gasteiger partial charge in [-0.2, -0.15) is 0 Å². The molecule has 0 saturated heterocycles. The summed E-state index contributed by atoms with van der Waals surface area (Å²) in [5.74, 6) is 0.954. The van der Waals surface area contributed by atoms with Gasteiger partial charge in [0.1, 0.15) is 0 Å². The summed E-state index contributed by atoms with van der Waals surface area (Å²) in [6.07, 6.45) is 5.21. The summed E-state index contributed by atoms with van der Waals surface area (Å²) in [7, 11) is 2.15. The van der Waals surface area contributed by atoms with Crippen LogP contribution in [0.5, 0.6) is 0 Å². The Morgan fingerprint density at radius 1 is 1.22 bits per heavy atom. The van der Waals surface area contributed by atoms with Crippen molar-refractivity contribution < 1.29 is 0 Å². The van der Waals surface area contributed by atoms with E-state index in [0.717, 1.165) is 32.1 Å². The quantitative estimate of drug-likeness (QED) is 0.600. The Labute approximate surface area is 141 Å². The average molecular weight is 316 g/mol. The molecule has 128 valence electrons. The highest BCUT2D eigenvalue weighted by Gasteiger charge is 2.15. The molecule has 1 saturated carbocycles. The minimum absolute atomic E-state index is 0.595. The molecule has 23 heavy (non-hydrogen) atoms. The fourth-order valence-corrected chi connectivity index (χ4v) is 3.00. The molecule has 1 aromatic carbocycles. The zero-order valence-electron chi connectivity index (χ0n) is 14.9. The molecular formula is C19H32N4.